The maximum absolute atomic E-state index is 14.7. The van der Waals surface area contributed by atoms with Gasteiger partial charge in [-0.3, -0.25) is 9.59 Å². The highest BCUT2D eigenvalue weighted by Crippen LogP contribution is 2.58. The number of fused-ring (bicyclic) bond motifs is 3. The van der Waals surface area contributed by atoms with Gasteiger partial charge in [0.15, 0.2) is 17.3 Å². The Bertz CT molecular complexity index is 3620. The molecule has 4 aliphatic heterocycles. The molecule has 4 N–H and O–H groups in total. The summed E-state index contributed by atoms with van der Waals surface area (Å²) in [5.41, 5.74) is 11.6. The lowest BCUT2D eigenvalue weighted by atomic mass is 9.82. The summed E-state index contributed by atoms with van der Waals surface area (Å²) in [7, 11) is 2.57. The molecule has 6 heterocycles. The number of alkyl carbamates (subject to hydrolysis) is 2. The van der Waals surface area contributed by atoms with Gasteiger partial charge in [0.05, 0.1) is 69.0 Å². The number of methoxy groups -OCH3 is 2. The van der Waals surface area contributed by atoms with Crippen LogP contribution >= 0.6 is 0 Å². The molecule has 0 radical (unpaired) electrons. The van der Waals surface area contributed by atoms with Crippen LogP contribution in [-0.2, 0) is 41.4 Å². The second-order valence-electron chi connectivity index (χ2n) is 23.3. The minimum Gasteiger partial charge on any atom is -0.453 e. The molecule has 0 bridgehead atoms. The average Bonchev–Trinajstić information content (AvgIpc) is 4.51. The van der Waals surface area contributed by atoms with Gasteiger partial charge in [-0.1, -0.05) is 91.7 Å². The highest BCUT2D eigenvalue weighted by molar-refractivity contribution is 5.91. The molecule has 82 heavy (non-hydrogen) atoms. The molecular formula is C64H66N8O10. The number of ether oxygens (including phenoxy) is 6. The molecule has 2 aromatic heterocycles. The Kier molecular flexibility index (Phi) is 13.1. The molecule has 4 amide bonds. The molecule has 2 saturated carbocycles. The number of aromatic amines is 2. The maximum atomic E-state index is 14.7. The van der Waals surface area contributed by atoms with Gasteiger partial charge in [-0.05, 0) is 114 Å². The molecule has 18 nitrogen and oxygen atoms in total. The summed E-state index contributed by atoms with van der Waals surface area (Å²) in [6, 6.07) is 30.6. The number of nitrogens with one attached hydrogen (secondary N) is 4. The van der Waals surface area contributed by atoms with Crippen molar-refractivity contribution in [3.8, 4) is 45.0 Å². The minimum atomic E-state index is -1.03. The predicted octanol–water partition coefficient (Wildman–Crippen LogP) is 10.9. The molecule has 5 aromatic carbocycles. The standard InChI is InChI=1S/C64H66N8O10/c1-77-60(75)69-52(38-14-5-3-6-15-38)58(73)71-29-13-18-50(71)56-65-36-49(68-56)43-22-21-42(45-33-62(34-46(43)45)25-9-10-26-62)44-23-20-41(54-55(44)82-63(81-54)27-11-12-28-63)40-19-24-47-48(32-40)67-57(66-47)51-35-64(79-30-31-80-64)37-72(51)59(74)53(70-61(76)78-2)39-16-7-4-8-17-39/h3-8,14-17,19-24,32,36,50-53H,9-13,18,25-31,33-35,37H2,1-2H3,(H,65,68)(H,66,67)(H,69,75)(H,70,76)/t50-,51-,52-,53-/m0/s1. The molecule has 3 aliphatic carbocycles. The van der Waals surface area contributed by atoms with Crippen LogP contribution in [0.2, 0.25) is 0 Å². The van der Waals surface area contributed by atoms with Crippen LogP contribution in [0.1, 0.15) is 129 Å². The highest BCUT2D eigenvalue weighted by atomic mass is 16.7. The van der Waals surface area contributed by atoms with Gasteiger partial charge in [0.25, 0.3) is 17.6 Å². The zero-order valence-corrected chi connectivity index (χ0v) is 46.1. The second kappa shape index (κ2) is 20.6. The van der Waals surface area contributed by atoms with E-state index in [-0.39, 0.29) is 29.8 Å². The molecule has 14 rings (SSSR count). The number of rotatable bonds is 11. The first-order valence-electron chi connectivity index (χ1n) is 28.9. The molecule has 5 fully saturated rings. The number of aromatic nitrogens is 4. The molecule has 422 valence electrons. The summed E-state index contributed by atoms with van der Waals surface area (Å²) in [6.45, 7) is 1.50. The predicted molar refractivity (Wildman–Crippen MR) is 302 cm³/mol. The minimum absolute atomic E-state index is 0.151. The van der Waals surface area contributed by atoms with Crippen molar-refractivity contribution in [2.75, 3.05) is 40.5 Å². The first kappa shape index (κ1) is 51.9. The van der Waals surface area contributed by atoms with Crippen LogP contribution in [0.5, 0.6) is 11.5 Å². The fourth-order valence-electron chi connectivity index (χ4n) is 14.5. The van der Waals surface area contributed by atoms with Crippen LogP contribution in [0.4, 0.5) is 9.59 Å². The molecule has 0 unspecified atom stereocenters. The van der Waals surface area contributed by atoms with E-state index in [1.54, 1.807) is 17.0 Å². The number of hydrogen-bond donors (Lipinski definition) is 4. The van der Waals surface area contributed by atoms with E-state index in [0.29, 0.717) is 43.1 Å². The van der Waals surface area contributed by atoms with E-state index >= 15 is 0 Å². The van der Waals surface area contributed by atoms with Crippen molar-refractivity contribution in [1.82, 2.24) is 40.4 Å². The summed E-state index contributed by atoms with van der Waals surface area (Å²) in [6.07, 6.45) is 12.7. The van der Waals surface area contributed by atoms with Gasteiger partial charge in [0, 0.05) is 42.5 Å². The number of H-pyrrole nitrogens is 2. The first-order chi connectivity index (χ1) is 40.0. The number of likely N-dealkylation sites (tertiary alicyclic amines) is 2. The van der Waals surface area contributed by atoms with Gasteiger partial charge in [-0.25, -0.2) is 19.6 Å². The van der Waals surface area contributed by atoms with Crippen molar-refractivity contribution in [1.29, 1.82) is 0 Å². The van der Waals surface area contributed by atoms with Gasteiger partial charge < -0.3 is 58.8 Å². The van der Waals surface area contributed by atoms with Crippen LogP contribution in [0.15, 0.2) is 109 Å². The van der Waals surface area contributed by atoms with Crippen LogP contribution in [0, 0.1) is 5.41 Å². The Morgan fingerprint density at radius 3 is 1.90 bits per heavy atom. The van der Waals surface area contributed by atoms with Crippen molar-refractivity contribution in [2.45, 2.75) is 119 Å². The van der Waals surface area contributed by atoms with Crippen LogP contribution in [0.25, 0.3) is 44.5 Å². The number of imidazole rings is 2. The third-order valence-corrected chi connectivity index (χ3v) is 18.5. The van der Waals surface area contributed by atoms with Gasteiger partial charge >= 0.3 is 12.2 Å². The number of benzene rings is 5. The van der Waals surface area contributed by atoms with Crippen molar-refractivity contribution >= 4 is 35.0 Å². The van der Waals surface area contributed by atoms with E-state index in [1.807, 2.05) is 65.7 Å². The Hall–Kier alpha value is -8.22. The van der Waals surface area contributed by atoms with Crippen LogP contribution in [-0.4, -0.2) is 106 Å². The van der Waals surface area contributed by atoms with Crippen molar-refractivity contribution in [3.05, 3.63) is 143 Å². The van der Waals surface area contributed by atoms with Gasteiger partial charge in [-0.2, -0.15) is 0 Å². The normalized spacial score (nSPS) is 21.4. The topological polar surface area (TPSA) is 212 Å². The Labute approximate surface area is 474 Å². The van der Waals surface area contributed by atoms with E-state index in [0.717, 1.165) is 113 Å². The third kappa shape index (κ3) is 9.10. The fraction of sp³-hybridized carbons (Fsp3) is 0.406. The lowest BCUT2D eigenvalue weighted by Crippen LogP contribution is -2.44. The first-order valence-corrected chi connectivity index (χ1v) is 28.9. The van der Waals surface area contributed by atoms with E-state index in [1.165, 1.54) is 51.0 Å². The van der Waals surface area contributed by atoms with E-state index in [2.05, 4.69) is 57.0 Å². The number of amides is 4. The number of hydrogen-bond acceptors (Lipinski definition) is 12. The average molecular weight is 1110 g/mol. The summed E-state index contributed by atoms with van der Waals surface area (Å²) in [5, 5.41) is 5.54. The van der Waals surface area contributed by atoms with E-state index < -0.39 is 41.9 Å². The smallest absolute Gasteiger partial charge is 0.407 e. The maximum Gasteiger partial charge on any atom is 0.407 e. The highest BCUT2D eigenvalue weighted by Gasteiger charge is 2.53. The molecule has 7 aromatic rings. The zero-order chi connectivity index (χ0) is 55.7. The number of nitrogens with zero attached hydrogens (tertiary/aromatic N) is 4. The Morgan fingerprint density at radius 1 is 0.634 bits per heavy atom. The molecule has 7 aliphatic rings. The second-order valence-corrected chi connectivity index (χ2v) is 23.3. The van der Waals surface area contributed by atoms with Crippen LogP contribution < -0.4 is 20.1 Å². The van der Waals surface area contributed by atoms with Gasteiger partial charge in [-0.15, -0.1) is 0 Å². The van der Waals surface area contributed by atoms with E-state index in [9.17, 15) is 19.2 Å². The Balaban J connectivity index is 0.796. The number of carbonyl (C=O) groups excluding carboxylic acids is 4. The monoisotopic (exact) mass is 1110 g/mol. The lowest BCUT2D eigenvalue weighted by molar-refractivity contribution is -0.153. The fourth-order valence-corrected chi connectivity index (χ4v) is 14.5. The van der Waals surface area contributed by atoms with Crippen molar-refractivity contribution in [2.24, 2.45) is 5.41 Å². The van der Waals surface area contributed by atoms with Crippen molar-refractivity contribution < 1.29 is 47.6 Å². The van der Waals surface area contributed by atoms with E-state index in [4.69, 9.17) is 38.4 Å². The quantitative estimate of drug-likeness (QED) is 0.0953. The summed E-state index contributed by atoms with van der Waals surface area (Å²) in [4.78, 5) is 75.3. The largest absolute Gasteiger partial charge is 0.453 e. The summed E-state index contributed by atoms with van der Waals surface area (Å²) < 4.78 is 36.6. The molecule has 3 spiro atoms. The third-order valence-electron chi connectivity index (χ3n) is 18.5. The Morgan fingerprint density at radius 2 is 1.23 bits per heavy atom. The van der Waals surface area contributed by atoms with Crippen LogP contribution in [0.3, 0.4) is 0 Å². The lowest BCUT2D eigenvalue weighted by Gasteiger charge is -2.28. The molecule has 18 heteroatoms. The SMILES string of the molecule is COC(=O)N[C@H](C(=O)N1CCC[C@H]1c1ncc(-c2ccc(-c3ccc(-c4ccc5nc([C@@H]6CC7(CN6C(=O)[C@@H](NC(=O)OC)c6ccccc6)OCCO7)[nH]c5c4)c4c3OC3(CCCC3)O4)c3c2CC2(CCCC2)C3)[nH]1)c1ccccc1. The van der Waals surface area contributed by atoms with Gasteiger partial charge in [0.2, 0.25) is 0 Å². The molecule has 3 saturated heterocycles. The van der Waals surface area contributed by atoms with Crippen molar-refractivity contribution in [3.63, 3.8) is 0 Å². The summed E-state index contributed by atoms with van der Waals surface area (Å²) in [5.74, 6) is 0.461. The summed E-state index contributed by atoms with van der Waals surface area (Å²) >= 11 is 0. The molecule has 4 atom stereocenters. The molecular weight excluding hydrogens is 1040 g/mol. The van der Waals surface area contributed by atoms with Gasteiger partial charge in [0.1, 0.15) is 23.7 Å². The number of carbonyl (C=O) groups is 4. The zero-order valence-electron chi connectivity index (χ0n) is 46.1.